The van der Waals surface area contributed by atoms with E-state index >= 15 is 0 Å². The molecule has 0 unspecified atom stereocenters. The molecule has 0 aliphatic carbocycles. The van der Waals surface area contributed by atoms with Crippen molar-refractivity contribution >= 4 is 76.9 Å². The Morgan fingerprint density at radius 2 is 1.73 bits per heavy atom. The molecule has 2 heterocycles. The summed E-state index contributed by atoms with van der Waals surface area (Å²) in [6.45, 7) is 0. The van der Waals surface area contributed by atoms with Crippen LogP contribution in [0.5, 0.6) is 0 Å². The van der Waals surface area contributed by atoms with Gasteiger partial charge >= 0.3 is 5.69 Å². The van der Waals surface area contributed by atoms with Crippen LogP contribution in [0, 0.1) is 0 Å². The first kappa shape index (κ1) is 25.3. The molecule has 0 spiro atoms. The van der Waals surface area contributed by atoms with E-state index in [9.17, 15) is 22.8 Å². The zero-order valence-corrected chi connectivity index (χ0v) is 22.7. The molecule has 0 aliphatic heterocycles. The number of sulfonamides is 1. The molecule has 0 aliphatic rings. The lowest BCUT2D eigenvalue weighted by molar-refractivity contribution is 0.0974. The number of hydrogen-bond donors (Lipinski definition) is 2. The fraction of sp³-hybridized carbons (Fsp3) is 0.0417. The van der Waals surface area contributed by atoms with Crippen molar-refractivity contribution < 1.29 is 13.2 Å². The second-order valence-electron chi connectivity index (χ2n) is 8.04. The van der Waals surface area contributed by atoms with Gasteiger partial charge in [-0.25, -0.2) is 22.5 Å². The van der Waals surface area contributed by atoms with Crippen molar-refractivity contribution in [1.82, 2.24) is 18.8 Å². The van der Waals surface area contributed by atoms with Gasteiger partial charge in [0.1, 0.15) is 10.6 Å². The average molecular weight is 622 g/mol. The molecule has 2 N–H and O–H groups in total. The van der Waals surface area contributed by atoms with E-state index in [4.69, 9.17) is 23.2 Å². The van der Waals surface area contributed by atoms with Gasteiger partial charge in [-0.3, -0.25) is 9.59 Å². The number of nitrogens with zero attached hydrogens (tertiary/aromatic N) is 2. The number of nitrogens with one attached hydrogen (secondary N) is 2. The third kappa shape index (κ3) is 4.27. The average Bonchev–Trinajstić information content (AvgIpc) is 3.10. The molecular formula is C24H15BrCl2N4O5S. The highest BCUT2D eigenvalue weighted by Crippen LogP contribution is 2.31. The first-order chi connectivity index (χ1) is 17.5. The molecule has 3 aromatic carbocycles. The molecule has 0 atom stereocenters. The molecule has 37 heavy (non-hydrogen) atoms. The molecule has 0 radical (unpaired) electrons. The maximum Gasteiger partial charge on any atom is 0.333 e. The van der Waals surface area contributed by atoms with Crippen molar-refractivity contribution in [3.05, 3.63) is 102 Å². The maximum atomic E-state index is 13.5. The number of para-hydroxylation sites is 1. The molecule has 5 rings (SSSR count). The van der Waals surface area contributed by atoms with Gasteiger partial charge in [0.15, 0.2) is 0 Å². The smallest absolute Gasteiger partial charge is 0.333 e. The molecule has 0 saturated carbocycles. The Morgan fingerprint density at radius 1 is 1.00 bits per heavy atom. The van der Waals surface area contributed by atoms with E-state index in [-0.39, 0.29) is 31.7 Å². The van der Waals surface area contributed by atoms with Crippen LogP contribution in [0.3, 0.4) is 0 Å². The van der Waals surface area contributed by atoms with Gasteiger partial charge < -0.3 is 9.55 Å². The summed E-state index contributed by atoms with van der Waals surface area (Å²) in [7, 11) is -2.93. The highest BCUT2D eigenvalue weighted by atomic mass is 79.9. The number of halogens is 3. The van der Waals surface area contributed by atoms with Crippen molar-refractivity contribution in [1.29, 1.82) is 0 Å². The number of fused-ring (bicyclic) bond motifs is 2. The number of carbonyl (C=O) groups excluding carboxylic acids is 1. The topological polar surface area (TPSA) is 123 Å². The number of carbonyl (C=O) groups is 1. The maximum absolute atomic E-state index is 13.5. The molecule has 9 nitrogen and oxygen atoms in total. The first-order valence-electron chi connectivity index (χ1n) is 10.5. The molecule has 1 amide bonds. The fourth-order valence-corrected chi connectivity index (χ4v) is 6.33. The lowest BCUT2D eigenvalue weighted by Crippen LogP contribution is -2.37. The molecule has 0 fully saturated rings. The number of aromatic amines is 1. The number of amides is 1. The number of aryl methyl sites for hydroxylation is 1. The van der Waals surface area contributed by atoms with Gasteiger partial charge in [0.05, 0.1) is 27.1 Å². The Labute approximate surface area is 227 Å². The summed E-state index contributed by atoms with van der Waals surface area (Å²) < 4.78 is 30.9. The Balaban J connectivity index is 1.78. The Kier molecular flexibility index (Phi) is 6.27. The summed E-state index contributed by atoms with van der Waals surface area (Å²) in [5, 5.41) is 0.663. The van der Waals surface area contributed by atoms with E-state index in [2.05, 4.69) is 20.9 Å². The van der Waals surface area contributed by atoms with E-state index < -0.39 is 27.2 Å². The van der Waals surface area contributed by atoms with Gasteiger partial charge in [-0.2, -0.15) is 0 Å². The van der Waals surface area contributed by atoms with E-state index in [1.54, 1.807) is 30.3 Å². The summed E-state index contributed by atoms with van der Waals surface area (Å²) in [6.07, 6.45) is 0. The highest BCUT2D eigenvalue weighted by Gasteiger charge is 2.29. The van der Waals surface area contributed by atoms with Crippen molar-refractivity contribution in [3.63, 3.8) is 0 Å². The standard InChI is InChI=1S/C24H15BrCl2N4O5S/c1-30-18-8-7-13(26)11-15(18)20(31-23(33)14-4-2-3-5-17(14)28-24(31)34)21(30)22(32)29-37(35,36)19-9-6-12(25)10-16(19)27/h2-11H,1H3,(H,28,34)(H,29,32). The van der Waals surface area contributed by atoms with Crippen molar-refractivity contribution in [2.45, 2.75) is 4.90 Å². The van der Waals surface area contributed by atoms with E-state index in [0.29, 0.717) is 20.9 Å². The molecule has 2 aromatic heterocycles. The van der Waals surface area contributed by atoms with Gasteiger partial charge in [-0.15, -0.1) is 0 Å². The molecule has 5 aromatic rings. The zero-order chi connectivity index (χ0) is 26.6. The van der Waals surface area contributed by atoms with Gasteiger partial charge in [0.25, 0.3) is 21.5 Å². The largest absolute Gasteiger partial charge is 0.338 e. The van der Waals surface area contributed by atoms with Crippen LogP contribution < -0.4 is 16.0 Å². The van der Waals surface area contributed by atoms with E-state index in [0.717, 1.165) is 4.57 Å². The summed E-state index contributed by atoms with van der Waals surface area (Å²) in [5.74, 6) is -1.08. The van der Waals surface area contributed by atoms with Crippen LogP contribution in [0.15, 0.2) is 79.6 Å². The number of hydrogen-bond acceptors (Lipinski definition) is 5. The third-order valence-electron chi connectivity index (χ3n) is 5.79. The van der Waals surface area contributed by atoms with E-state index in [1.165, 1.54) is 41.9 Å². The van der Waals surface area contributed by atoms with Crippen molar-refractivity contribution in [2.75, 3.05) is 0 Å². The SMILES string of the molecule is Cn1c(C(=O)NS(=O)(=O)c2ccc(Br)cc2Cl)c(-n2c(=O)[nH]c3ccccc3c2=O)c2cc(Cl)ccc21. The number of H-pyrrole nitrogens is 1. The molecule has 13 heteroatoms. The minimum absolute atomic E-state index is 0.110. The summed E-state index contributed by atoms with van der Waals surface area (Å²) >= 11 is 15.5. The predicted octanol–water partition coefficient (Wildman–Crippen LogP) is 4.36. The summed E-state index contributed by atoms with van der Waals surface area (Å²) in [5.41, 5.74) is -1.14. The second kappa shape index (κ2) is 9.18. The first-order valence-corrected chi connectivity index (χ1v) is 13.6. The van der Waals surface area contributed by atoms with Crippen LogP contribution >= 0.6 is 39.1 Å². The van der Waals surface area contributed by atoms with Crippen LogP contribution in [-0.4, -0.2) is 28.4 Å². The summed E-state index contributed by atoms with van der Waals surface area (Å²) in [4.78, 5) is 42.5. The zero-order valence-electron chi connectivity index (χ0n) is 18.8. The number of aromatic nitrogens is 3. The Hall–Kier alpha value is -3.38. The highest BCUT2D eigenvalue weighted by molar-refractivity contribution is 9.10. The molecule has 0 bridgehead atoms. The number of benzene rings is 3. The minimum atomic E-state index is -4.44. The predicted molar refractivity (Wildman–Crippen MR) is 145 cm³/mol. The van der Waals surface area contributed by atoms with Crippen LogP contribution in [0.1, 0.15) is 10.5 Å². The summed E-state index contributed by atoms with van der Waals surface area (Å²) in [6, 6.07) is 15.1. The van der Waals surface area contributed by atoms with Crippen LogP contribution in [0.2, 0.25) is 10.0 Å². The number of rotatable bonds is 4. The Morgan fingerprint density at radius 3 is 2.46 bits per heavy atom. The minimum Gasteiger partial charge on any atom is -0.338 e. The van der Waals surface area contributed by atoms with Gasteiger partial charge in [0, 0.05) is 21.9 Å². The van der Waals surface area contributed by atoms with Crippen LogP contribution in [-0.2, 0) is 17.1 Å². The monoisotopic (exact) mass is 620 g/mol. The lowest BCUT2D eigenvalue weighted by Gasteiger charge is -2.12. The van der Waals surface area contributed by atoms with Gasteiger partial charge in [0.2, 0.25) is 0 Å². The second-order valence-corrected chi connectivity index (χ2v) is 11.5. The van der Waals surface area contributed by atoms with Gasteiger partial charge in [-0.1, -0.05) is 51.3 Å². The van der Waals surface area contributed by atoms with Crippen molar-refractivity contribution in [3.8, 4) is 5.69 Å². The Bertz CT molecular complexity index is 2000. The molecule has 0 saturated heterocycles. The third-order valence-corrected chi connectivity index (χ3v) is 8.33. The van der Waals surface area contributed by atoms with Gasteiger partial charge in [-0.05, 0) is 48.5 Å². The quantitative estimate of drug-likeness (QED) is 0.309. The van der Waals surface area contributed by atoms with E-state index in [1.807, 2.05) is 4.72 Å². The molecular weight excluding hydrogens is 607 g/mol. The lowest BCUT2D eigenvalue weighted by atomic mass is 10.2. The fourth-order valence-electron chi connectivity index (χ4n) is 4.17. The van der Waals surface area contributed by atoms with Crippen LogP contribution in [0.4, 0.5) is 0 Å². The van der Waals surface area contributed by atoms with Crippen molar-refractivity contribution in [2.24, 2.45) is 7.05 Å². The molecule has 188 valence electrons. The normalized spacial score (nSPS) is 11.8. The van der Waals surface area contributed by atoms with Crippen LogP contribution in [0.25, 0.3) is 27.5 Å².